The van der Waals surface area contributed by atoms with Crippen LogP contribution >= 0.6 is 15.9 Å². The Hall–Kier alpha value is -1.93. The van der Waals surface area contributed by atoms with Crippen molar-refractivity contribution < 1.29 is 8.78 Å². The van der Waals surface area contributed by atoms with Crippen LogP contribution in [0.4, 0.5) is 20.2 Å². The van der Waals surface area contributed by atoms with Crippen LogP contribution in [0.3, 0.4) is 0 Å². The molecule has 0 saturated carbocycles. The zero-order valence-corrected chi connectivity index (χ0v) is 11.6. The molecule has 5 heteroatoms. The third kappa shape index (κ3) is 2.91. The highest BCUT2D eigenvalue weighted by Gasteiger charge is 2.07. The normalized spacial score (nSPS) is 10.1. The minimum Gasteiger partial charge on any atom is -0.355 e. The molecular formula is C14H9BrF2N2. The SMILES string of the molecule is Cc1cc(Br)c(F)cc1Nc1ccc(C#N)c(F)c1. The molecule has 0 fully saturated rings. The van der Waals surface area contributed by atoms with Gasteiger partial charge in [0.05, 0.1) is 10.0 Å². The Morgan fingerprint density at radius 3 is 2.53 bits per heavy atom. The van der Waals surface area contributed by atoms with Gasteiger partial charge in [-0.25, -0.2) is 8.78 Å². The topological polar surface area (TPSA) is 35.8 Å². The number of aryl methyl sites for hydroxylation is 1. The largest absolute Gasteiger partial charge is 0.355 e. The van der Waals surface area contributed by atoms with E-state index in [1.807, 2.05) is 6.92 Å². The molecule has 0 aliphatic heterocycles. The van der Waals surface area contributed by atoms with Gasteiger partial charge in [0.15, 0.2) is 0 Å². The maximum Gasteiger partial charge on any atom is 0.143 e. The molecule has 0 aromatic heterocycles. The third-order valence-electron chi connectivity index (χ3n) is 2.64. The quantitative estimate of drug-likeness (QED) is 0.873. The molecule has 0 unspecified atom stereocenters. The van der Waals surface area contributed by atoms with Crippen LogP contribution in [0, 0.1) is 29.9 Å². The number of nitrogens with one attached hydrogen (secondary N) is 1. The lowest BCUT2D eigenvalue weighted by atomic mass is 10.1. The van der Waals surface area contributed by atoms with Crippen molar-refractivity contribution in [3.8, 4) is 6.07 Å². The minimum atomic E-state index is -0.609. The van der Waals surface area contributed by atoms with Crippen molar-refractivity contribution in [3.63, 3.8) is 0 Å². The van der Waals surface area contributed by atoms with Gasteiger partial charge in [-0.2, -0.15) is 5.26 Å². The summed E-state index contributed by atoms with van der Waals surface area (Å²) < 4.78 is 27.3. The standard InChI is InChI=1S/C14H9BrF2N2/c1-8-4-11(15)13(17)6-14(8)19-10-3-2-9(7-18)12(16)5-10/h2-6,19H,1H3. The van der Waals surface area contributed by atoms with Crippen molar-refractivity contribution in [3.05, 3.63) is 57.6 Å². The van der Waals surface area contributed by atoms with E-state index in [1.54, 1.807) is 18.2 Å². The van der Waals surface area contributed by atoms with E-state index in [0.29, 0.717) is 15.8 Å². The second kappa shape index (κ2) is 5.37. The van der Waals surface area contributed by atoms with Gasteiger partial charge in [0, 0.05) is 11.4 Å². The molecule has 0 bridgehead atoms. The first-order valence-corrected chi connectivity index (χ1v) is 6.23. The molecular weight excluding hydrogens is 314 g/mol. The van der Waals surface area contributed by atoms with Crippen molar-refractivity contribution in [1.82, 2.24) is 0 Å². The molecule has 0 saturated heterocycles. The van der Waals surface area contributed by atoms with Gasteiger partial charge in [-0.3, -0.25) is 0 Å². The number of nitrogens with zero attached hydrogens (tertiary/aromatic N) is 1. The van der Waals surface area contributed by atoms with E-state index in [-0.39, 0.29) is 5.56 Å². The van der Waals surface area contributed by atoms with Crippen LogP contribution in [0.5, 0.6) is 0 Å². The number of hydrogen-bond donors (Lipinski definition) is 1. The van der Waals surface area contributed by atoms with Gasteiger partial charge < -0.3 is 5.32 Å². The predicted molar refractivity (Wildman–Crippen MR) is 73.2 cm³/mol. The summed E-state index contributed by atoms with van der Waals surface area (Å²) in [6.07, 6.45) is 0. The molecule has 2 rings (SSSR count). The Morgan fingerprint density at radius 2 is 1.89 bits per heavy atom. The number of anilines is 2. The highest BCUT2D eigenvalue weighted by atomic mass is 79.9. The highest BCUT2D eigenvalue weighted by molar-refractivity contribution is 9.10. The summed E-state index contributed by atoms with van der Waals surface area (Å²) in [7, 11) is 0. The van der Waals surface area contributed by atoms with Crippen molar-refractivity contribution >= 4 is 27.3 Å². The number of hydrogen-bond acceptors (Lipinski definition) is 2. The molecule has 1 N–H and O–H groups in total. The highest BCUT2D eigenvalue weighted by Crippen LogP contribution is 2.27. The van der Waals surface area contributed by atoms with Gasteiger partial charge in [0.2, 0.25) is 0 Å². The summed E-state index contributed by atoms with van der Waals surface area (Å²) >= 11 is 3.10. The summed E-state index contributed by atoms with van der Waals surface area (Å²) in [6.45, 7) is 1.81. The Kier molecular flexibility index (Phi) is 3.82. The molecule has 2 aromatic rings. The van der Waals surface area contributed by atoms with Crippen LogP contribution in [0.1, 0.15) is 11.1 Å². The first-order chi connectivity index (χ1) is 9.01. The number of nitriles is 1. The summed E-state index contributed by atoms with van der Waals surface area (Å²) in [5.74, 6) is -1.01. The Labute approximate surface area is 117 Å². The first kappa shape index (κ1) is 13.5. The molecule has 96 valence electrons. The lowest BCUT2D eigenvalue weighted by Gasteiger charge is -2.11. The zero-order chi connectivity index (χ0) is 14.0. The Balaban J connectivity index is 2.34. The average Bonchev–Trinajstić information content (AvgIpc) is 2.36. The van der Waals surface area contributed by atoms with Gasteiger partial charge >= 0.3 is 0 Å². The molecule has 0 atom stereocenters. The van der Waals surface area contributed by atoms with Crippen LogP contribution < -0.4 is 5.32 Å². The molecule has 0 amide bonds. The van der Waals surface area contributed by atoms with E-state index in [9.17, 15) is 8.78 Å². The third-order valence-corrected chi connectivity index (χ3v) is 3.24. The second-order valence-corrected chi connectivity index (χ2v) is 4.87. The number of halogens is 3. The molecule has 0 aliphatic rings. The van der Waals surface area contributed by atoms with Crippen molar-refractivity contribution in [2.75, 3.05) is 5.32 Å². The predicted octanol–water partition coefficient (Wildman–Crippen LogP) is 4.65. The van der Waals surface area contributed by atoms with Gasteiger partial charge in [-0.1, -0.05) is 0 Å². The van der Waals surface area contributed by atoms with Crippen LogP contribution in [-0.2, 0) is 0 Å². The fourth-order valence-electron chi connectivity index (χ4n) is 1.62. The lowest BCUT2D eigenvalue weighted by Crippen LogP contribution is -1.96. The van der Waals surface area contributed by atoms with E-state index in [1.165, 1.54) is 18.2 Å². The maximum absolute atomic E-state index is 13.5. The smallest absolute Gasteiger partial charge is 0.143 e. The monoisotopic (exact) mass is 322 g/mol. The Bertz CT molecular complexity index is 678. The van der Waals surface area contributed by atoms with Crippen LogP contribution in [0.15, 0.2) is 34.8 Å². The average molecular weight is 323 g/mol. The molecule has 19 heavy (non-hydrogen) atoms. The summed E-state index contributed by atoms with van der Waals surface area (Å²) in [4.78, 5) is 0. The lowest BCUT2D eigenvalue weighted by molar-refractivity contribution is 0.621. The molecule has 2 nitrogen and oxygen atoms in total. The zero-order valence-electron chi connectivity index (χ0n) is 9.97. The van der Waals surface area contributed by atoms with Crippen molar-refractivity contribution in [2.24, 2.45) is 0 Å². The van der Waals surface area contributed by atoms with Crippen molar-refractivity contribution in [2.45, 2.75) is 6.92 Å². The molecule has 0 aliphatic carbocycles. The van der Waals surface area contributed by atoms with E-state index >= 15 is 0 Å². The molecule has 0 heterocycles. The molecule has 2 aromatic carbocycles. The van der Waals surface area contributed by atoms with Crippen molar-refractivity contribution in [1.29, 1.82) is 5.26 Å². The van der Waals surface area contributed by atoms with Crippen LogP contribution in [0.2, 0.25) is 0 Å². The van der Waals surface area contributed by atoms with Gasteiger partial charge in [-0.15, -0.1) is 0 Å². The number of rotatable bonds is 2. The minimum absolute atomic E-state index is 0.0238. The van der Waals surface area contributed by atoms with E-state index in [2.05, 4.69) is 21.2 Å². The van der Waals surface area contributed by atoms with Crippen LogP contribution in [-0.4, -0.2) is 0 Å². The van der Waals surface area contributed by atoms with Gasteiger partial charge in [-0.05, 0) is 58.7 Å². The maximum atomic E-state index is 13.5. The fraction of sp³-hybridized carbons (Fsp3) is 0.0714. The molecule has 0 spiro atoms. The molecule has 0 radical (unpaired) electrons. The van der Waals surface area contributed by atoms with E-state index < -0.39 is 11.6 Å². The summed E-state index contributed by atoms with van der Waals surface area (Å²) in [5, 5.41) is 11.6. The fourth-order valence-corrected chi connectivity index (χ4v) is 2.08. The van der Waals surface area contributed by atoms with Gasteiger partial charge in [0.25, 0.3) is 0 Å². The van der Waals surface area contributed by atoms with Crippen LogP contribution in [0.25, 0.3) is 0 Å². The summed E-state index contributed by atoms with van der Waals surface area (Å²) in [5.41, 5.74) is 1.80. The van der Waals surface area contributed by atoms with E-state index in [4.69, 9.17) is 5.26 Å². The van der Waals surface area contributed by atoms with E-state index in [0.717, 1.165) is 5.56 Å². The van der Waals surface area contributed by atoms with Gasteiger partial charge in [0.1, 0.15) is 17.7 Å². The summed E-state index contributed by atoms with van der Waals surface area (Å²) in [6, 6.07) is 8.86. The Morgan fingerprint density at radius 1 is 1.16 bits per heavy atom. The second-order valence-electron chi connectivity index (χ2n) is 4.01. The number of benzene rings is 2. The first-order valence-electron chi connectivity index (χ1n) is 5.43.